The zero-order valence-electron chi connectivity index (χ0n) is 8.38. The molecule has 4 nitrogen and oxygen atoms in total. The van der Waals surface area contributed by atoms with E-state index in [4.69, 9.17) is 0 Å². The van der Waals surface area contributed by atoms with E-state index in [-0.39, 0.29) is 12.6 Å². The standard InChI is InChI=1S/C8H14F2N2O2/c1-5(2)11-6(13)4-12(3)8(14)7(9)10/h5,7H,4H2,1-3H3,(H,11,13). The summed E-state index contributed by atoms with van der Waals surface area (Å²) in [7, 11) is 1.16. The molecule has 0 aliphatic heterocycles. The second-order valence-corrected chi connectivity index (χ2v) is 3.22. The summed E-state index contributed by atoms with van der Waals surface area (Å²) in [6.45, 7) is 3.14. The highest BCUT2D eigenvalue weighted by atomic mass is 19.3. The molecule has 0 aliphatic carbocycles. The number of alkyl halides is 2. The number of nitrogens with zero attached hydrogens (tertiary/aromatic N) is 1. The smallest absolute Gasteiger partial charge is 0.315 e. The monoisotopic (exact) mass is 208 g/mol. The lowest BCUT2D eigenvalue weighted by molar-refractivity contribution is -0.144. The Morgan fingerprint density at radius 3 is 2.21 bits per heavy atom. The van der Waals surface area contributed by atoms with Gasteiger partial charge in [0.15, 0.2) is 0 Å². The van der Waals surface area contributed by atoms with Crippen LogP contribution in [0.1, 0.15) is 13.8 Å². The molecule has 0 saturated carbocycles. The number of amides is 2. The van der Waals surface area contributed by atoms with Crippen LogP contribution in [0.3, 0.4) is 0 Å². The van der Waals surface area contributed by atoms with Crippen LogP contribution >= 0.6 is 0 Å². The molecule has 0 radical (unpaired) electrons. The van der Waals surface area contributed by atoms with E-state index in [1.807, 2.05) is 0 Å². The van der Waals surface area contributed by atoms with E-state index < -0.39 is 18.2 Å². The summed E-state index contributed by atoms with van der Waals surface area (Å²) < 4.78 is 23.7. The van der Waals surface area contributed by atoms with Gasteiger partial charge < -0.3 is 10.2 Å². The van der Waals surface area contributed by atoms with Gasteiger partial charge in [0.05, 0.1) is 6.54 Å². The van der Waals surface area contributed by atoms with Crippen molar-refractivity contribution >= 4 is 11.8 Å². The highest BCUT2D eigenvalue weighted by Gasteiger charge is 2.21. The van der Waals surface area contributed by atoms with E-state index in [0.717, 1.165) is 7.05 Å². The van der Waals surface area contributed by atoms with Gasteiger partial charge in [0.2, 0.25) is 5.91 Å². The van der Waals surface area contributed by atoms with Crippen molar-refractivity contribution in [1.29, 1.82) is 0 Å². The molecular formula is C8H14F2N2O2. The topological polar surface area (TPSA) is 49.4 Å². The molecule has 6 heteroatoms. The molecule has 0 aromatic heterocycles. The zero-order chi connectivity index (χ0) is 11.3. The highest BCUT2D eigenvalue weighted by molar-refractivity contribution is 5.86. The fourth-order valence-electron chi connectivity index (χ4n) is 0.828. The lowest BCUT2D eigenvalue weighted by Crippen LogP contribution is -2.42. The summed E-state index contributed by atoms with van der Waals surface area (Å²) >= 11 is 0. The SMILES string of the molecule is CC(C)NC(=O)CN(C)C(=O)C(F)F. The van der Waals surface area contributed by atoms with E-state index in [0.29, 0.717) is 4.90 Å². The van der Waals surface area contributed by atoms with Crippen LogP contribution in [-0.4, -0.2) is 42.8 Å². The van der Waals surface area contributed by atoms with Gasteiger partial charge in [-0.1, -0.05) is 0 Å². The third-order valence-corrected chi connectivity index (χ3v) is 1.39. The number of carbonyl (C=O) groups is 2. The Kier molecular flexibility index (Phi) is 5.04. The van der Waals surface area contributed by atoms with Crippen LogP contribution in [-0.2, 0) is 9.59 Å². The Bertz CT molecular complexity index is 219. The Labute approximate surface area is 81.3 Å². The Morgan fingerprint density at radius 1 is 1.36 bits per heavy atom. The van der Waals surface area contributed by atoms with Gasteiger partial charge >= 0.3 is 6.43 Å². The van der Waals surface area contributed by atoms with Gasteiger partial charge in [-0.15, -0.1) is 0 Å². The van der Waals surface area contributed by atoms with Crippen LogP contribution in [0.15, 0.2) is 0 Å². The first-order valence-corrected chi connectivity index (χ1v) is 4.17. The van der Waals surface area contributed by atoms with Gasteiger partial charge in [-0.3, -0.25) is 9.59 Å². The zero-order valence-corrected chi connectivity index (χ0v) is 8.38. The number of carbonyl (C=O) groups excluding carboxylic acids is 2. The fourth-order valence-corrected chi connectivity index (χ4v) is 0.828. The quantitative estimate of drug-likeness (QED) is 0.719. The van der Waals surface area contributed by atoms with Gasteiger partial charge in [-0.05, 0) is 13.8 Å². The normalized spacial score (nSPS) is 10.5. The molecule has 0 rings (SSSR count). The molecule has 0 bridgehead atoms. The molecule has 0 spiro atoms. The van der Waals surface area contributed by atoms with Gasteiger partial charge in [0.1, 0.15) is 0 Å². The van der Waals surface area contributed by atoms with Crippen molar-refractivity contribution in [2.75, 3.05) is 13.6 Å². The van der Waals surface area contributed by atoms with Crippen molar-refractivity contribution < 1.29 is 18.4 Å². The second kappa shape index (κ2) is 5.51. The number of nitrogens with one attached hydrogen (secondary N) is 1. The summed E-state index contributed by atoms with van der Waals surface area (Å²) in [6, 6.07) is -0.0717. The molecule has 14 heavy (non-hydrogen) atoms. The molecule has 0 aromatic carbocycles. The molecule has 1 N–H and O–H groups in total. The summed E-state index contributed by atoms with van der Waals surface area (Å²) in [5, 5.41) is 2.49. The Balaban J connectivity index is 4.00. The molecule has 0 atom stereocenters. The summed E-state index contributed by atoms with van der Waals surface area (Å²) in [5.74, 6) is -1.79. The van der Waals surface area contributed by atoms with Crippen LogP contribution in [0.4, 0.5) is 8.78 Å². The van der Waals surface area contributed by atoms with Crippen LogP contribution in [0.2, 0.25) is 0 Å². The molecule has 0 heterocycles. The molecule has 0 unspecified atom stereocenters. The average molecular weight is 208 g/mol. The van der Waals surface area contributed by atoms with E-state index >= 15 is 0 Å². The van der Waals surface area contributed by atoms with Crippen LogP contribution < -0.4 is 5.32 Å². The summed E-state index contributed by atoms with van der Waals surface area (Å²) in [4.78, 5) is 22.4. The first-order chi connectivity index (χ1) is 6.34. The lowest BCUT2D eigenvalue weighted by atomic mass is 10.4. The van der Waals surface area contributed by atoms with Crippen molar-refractivity contribution in [2.45, 2.75) is 26.3 Å². The first kappa shape index (κ1) is 12.8. The van der Waals surface area contributed by atoms with Gasteiger partial charge in [0.25, 0.3) is 5.91 Å². The van der Waals surface area contributed by atoms with Crippen LogP contribution in [0.25, 0.3) is 0 Å². The maximum absolute atomic E-state index is 11.9. The minimum absolute atomic E-state index is 0.0717. The molecular weight excluding hydrogens is 194 g/mol. The minimum Gasteiger partial charge on any atom is -0.352 e. The highest BCUT2D eigenvalue weighted by Crippen LogP contribution is 1.97. The number of halogens is 2. The van der Waals surface area contributed by atoms with Gasteiger partial charge in [-0.25, -0.2) is 0 Å². The molecule has 82 valence electrons. The van der Waals surface area contributed by atoms with Crippen molar-refractivity contribution in [3.05, 3.63) is 0 Å². The molecule has 0 aliphatic rings. The lowest BCUT2D eigenvalue weighted by Gasteiger charge is -2.17. The minimum atomic E-state index is -3.06. The average Bonchev–Trinajstić information content (AvgIpc) is 2.00. The third-order valence-electron chi connectivity index (χ3n) is 1.39. The van der Waals surface area contributed by atoms with Crippen molar-refractivity contribution in [2.24, 2.45) is 0 Å². The maximum atomic E-state index is 11.9. The van der Waals surface area contributed by atoms with E-state index in [2.05, 4.69) is 5.32 Å². The van der Waals surface area contributed by atoms with E-state index in [9.17, 15) is 18.4 Å². The van der Waals surface area contributed by atoms with Crippen molar-refractivity contribution in [3.8, 4) is 0 Å². The first-order valence-electron chi connectivity index (χ1n) is 4.17. The van der Waals surface area contributed by atoms with Gasteiger partial charge in [-0.2, -0.15) is 8.78 Å². The fraction of sp³-hybridized carbons (Fsp3) is 0.750. The van der Waals surface area contributed by atoms with Crippen LogP contribution in [0, 0.1) is 0 Å². The predicted octanol–water partition coefficient (Wildman–Crippen LogP) is 0.234. The largest absolute Gasteiger partial charge is 0.352 e. The number of likely N-dealkylation sites (N-methyl/N-ethyl adjacent to an activating group) is 1. The van der Waals surface area contributed by atoms with Crippen LogP contribution in [0.5, 0.6) is 0 Å². The molecule has 0 aromatic rings. The van der Waals surface area contributed by atoms with E-state index in [1.54, 1.807) is 13.8 Å². The maximum Gasteiger partial charge on any atom is 0.315 e. The summed E-state index contributed by atoms with van der Waals surface area (Å²) in [5.41, 5.74) is 0. The molecule has 0 fully saturated rings. The number of hydrogen-bond acceptors (Lipinski definition) is 2. The number of hydrogen-bond donors (Lipinski definition) is 1. The van der Waals surface area contributed by atoms with Gasteiger partial charge in [0, 0.05) is 13.1 Å². The second-order valence-electron chi connectivity index (χ2n) is 3.22. The Morgan fingerprint density at radius 2 is 1.86 bits per heavy atom. The van der Waals surface area contributed by atoms with Crippen molar-refractivity contribution in [3.63, 3.8) is 0 Å². The molecule has 0 saturated heterocycles. The summed E-state index contributed by atoms with van der Waals surface area (Å²) in [6.07, 6.45) is -3.06. The van der Waals surface area contributed by atoms with Crippen molar-refractivity contribution in [1.82, 2.24) is 10.2 Å². The molecule has 2 amide bonds. The third kappa shape index (κ3) is 4.74. The number of rotatable bonds is 4. The Hall–Kier alpha value is -1.20. The van der Waals surface area contributed by atoms with E-state index in [1.165, 1.54) is 0 Å². The predicted molar refractivity (Wildman–Crippen MR) is 46.9 cm³/mol.